The summed E-state index contributed by atoms with van der Waals surface area (Å²) in [5.74, 6) is -0.393. The summed E-state index contributed by atoms with van der Waals surface area (Å²) in [7, 11) is 1.81. The second kappa shape index (κ2) is 7.22. The fourth-order valence-corrected chi connectivity index (χ4v) is 3.14. The molecule has 1 heterocycles. The van der Waals surface area contributed by atoms with Crippen molar-refractivity contribution >= 4 is 51.3 Å². The van der Waals surface area contributed by atoms with Crippen LogP contribution in [-0.4, -0.2) is 28.1 Å². The third-order valence-electron chi connectivity index (χ3n) is 3.81. The van der Waals surface area contributed by atoms with Gasteiger partial charge in [-0.05, 0) is 31.2 Å². The van der Waals surface area contributed by atoms with Crippen molar-refractivity contribution < 1.29 is 9.59 Å². The van der Waals surface area contributed by atoms with E-state index in [1.54, 1.807) is 28.9 Å². The Morgan fingerprint density at radius 1 is 1.20 bits per heavy atom. The van der Waals surface area contributed by atoms with Gasteiger partial charge >= 0.3 is 0 Å². The lowest BCUT2D eigenvalue weighted by Crippen LogP contribution is -2.24. The van der Waals surface area contributed by atoms with Gasteiger partial charge in [-0.25, -0.2) is 3.11 Å². The summed E-state index contributed by atoms with van der Waals surface area (Å²) < 4.78 is 3.17. The molecule has 0 saturated carbocycles. The quantitative estimate of drug-likeness (QED) is 0.492. The summed E-state index contributed by atoms with van der Waals surface area (Å²) in [6.45, 7) is 2.41. The van der Waals surface area contributed by atoms with Crippen molar-refractivity contribution in [3.63, 3.8) is 0 Å². The molecule has 128 valence electrons. The summed E-state index contributed by atoms with van der Waals surface area (Å²) in [6.07, 6.45) is 0. The molecule has 25 heavy (non-hydrogen) atoms. The van der Waals surface area contributed by atoms with Gasteiger partial charge < -0.3 is 5.32 Å². The van der Waals surface area contributed by atoms with Gasteiger partial charge in [-0.3, -0.25) is 14.3 Å². The number of carbonyl (C=O) groups excluding carboxylic acids is 2. The van der Waals surface area contributed by atoms with E-state index < -0.39 is 0 Å². The van der Waals surface area contributed by atoms with Crippen LogP contribution in [0.15, 0.2) is 48.5 Å². The normalized spacial score (nSPS) is 10.7. The molecule has 7 heteroatoms. The summed E-state index contributed by atoms with van der Waals surface area (Å²) in [6, 6.07) is 14.6. The maximum absolute atomic E-state index is 12.9. The molecule has 1 N–H and O–H groups in total. The molecule has 6 nitrogen and oxygen atoms in total. The number of anilines is 1. The average molecular weight is 448 g/mol. The van der Waals surface area contributed by atoms with Crippen LogP contribution in [0, 0.1) is 0 Å². The van der Waals surface area contributed by atoms with Crippen molar-refractivity contribution in [1.82, 2.24) is 15.1 Å². The molecule has 0 aliphatic heterocycles. The van der Waals surface area contributed by atoms with Crippen molar-refractivity contribution in [3.05, 3.63) is 59.8 Å². The zero-order valence-corrected chi connectivity index (χ0v) is 16.0. The number of nitrogens with zero attached hydrogens (tertiary/aromatic N) is 3. The molecule has 0 fully saturated rings. The highest BCUT2D eigenvalue weighted by atomic mass is 127. The molecule has 0 aliphatic carbocycles. The lowest BCUT2D eigenvalue weighted by molar-refractivity contribution is 0.0953. The van der Waals surface area contributed by atoms with Gasteiger partial charge in [0.05, 0.1) is 34.1 Å². The number of nitrogens with one attached hydrogen (secondary N) is 1. The van der Waals surface area contributed by atoms with Gasteiger partial charge in [0.2, 0.25) is 0 Å². The number of carbonyl (C=O) groups is 2. The first-order valence-corrected chi connectivity index (χ1v) is 8.79. The minimum Gasteiger partial charge on any atom is -0.352 e. The van der Waals surface area contributed by atoms with E-state index in [0.29, 0.717) is 23.5 Å². The largest absolute Gasteiger partial charge is 0.352 e. The highest BCUT2D eigenvalue weighted by molar-refractivity contribution is 14.1. The van der Waals surface area contributed by atoms with E-state index in [9.17, 15) is 9.59 Å². The molecule has 2 amide bonds. The van der Waals surface area contributed by atoms with Crippen molar-refractivity contribution in [1.29, 1.82) is 0 Å². The number of amides is 2. The van der Waals surface area contributed by atoms with Gasteiger partial charge in [0.1, 0.15) is 0 Å². The van der Waals surface area contributed by atoms with Crippen molar-refractivity contribution in [2.24, 2.45) is 7.05 Å². The summed E-state index contributed by atoms with van der Waals surface area (Å²) in [4.78, 5) is 24.9. The number of para-hydroxylation sites is 1. The first kappa shape index (κ1) is 17.4. The molecule has 0 aliphatic rings. The molecule has 3 rings (SSSR count). The number of hydrogen-bond acceptors (Lipinski definition) is 3. The van der Waals surface area contributed by atoms with E-state index >= 15 is 0 Å². The van der Waals surface area contributed by atoms with E-state index in [0.717, 1.165) is 10.9 Å². The maximum Gasteiger partial charge on any atom is 0.288 e. The highest BCUT2D eigenvalue weighted by Gasteiger charge is 2.22. The monoisotopic (exact) mass is 448 g/mol. The fraction of sp³-hybridized carbons (Fsp3) is 0.167. The van der Waals surface area contributed by atoms with Gasteiger partial charge in [-0.15, -0.1) is 0 Å². The topological polar surface area (TPSA) is 67.2 Å². The van der Waals surface area contributed by atoms with Crippen LogP contribution >= 0.6 is 22.9 Å². The Bertz CT molecular complexity index is 951. The summed E-state index contributed by atoms with van der Waals surface area (Å²) in [5.41, 5.74) is 2.42. The van der Waals surface area contributed by atoms with Gasteiger partial charge in [0.15, 0.2) is 5.69 Å². The van der Waals surface area contributed by atoms with Crippen molar-refractivity contribution in [2.75, 3.05) is 9.66 Å². The number of fused-ring (bicyclic) bond motifs is 1. The van der Waals surface area contributed by atoms with E-state index in [4.69, 9.17) is 0 Å². The van der Waals surface area contributed by atoms with Crippen LogP contribution < -0.4 is 8.43 Å². The van der Waals surface area contributed by atoms with Crippen molar-refractivity contribution in [3.8, 4) is 0 Å². The number of halogens is 1. The highest BCUT2D eigenvalue weighted by Crippen LogP contribution is 2.25. The first-order chi connectivity index (χ1) is 12.0. The predicted molar refractivity (Wildman–Crippen MR) is 106 cm³/mol. The Kier molecular flexibility index (Phi) is 5.03. The van der Waals surface area contributed by atoms with Crippen LogP contribution in [0.2, 0.25) is 0 Å². The van der Waals surface area contributed by atoms with Crippen molar-refractivity contribution in [2.45, 2.75) is 6.92 Å². The Hall–Kier alpha value is -2.42. The van der Waals surface area contributed by atoms with Gasteiger partial charge in [-0.1, -0.05) is 24.3 Å². The lowest BCUT2D eigenvalue weighted by atomic mass is 10.1. The predicted octanol–water partition coefficient (Wildman–Crippen LogP) is 3.32. The molecule has 0 saturated heterocycles. The van der Waals surface area contributed by atoms with E-state index in [1.807, 2.05) is 61.1 Å². The van der Waals surface area contributed by atoms with Crippen LogP contribution in [0.4, 0.5) is 5.69 Å². The molecule has 0 unspecified atom stereocenters. The van der Waals surface area contributed by atoms with Crippen LogP contribution in [0.5, 0.6) is 0 Å². The standard InChI is InChI=1S/C18H17IN4O2/c1-3-20-17(24)12-7-6-8-13(11-12)23(19)18(25)16-14-9-4-5-10-15(14)22(2)21-16/h4-11H,3H2,1-2H3,(H,20,24). The molecule has 1 aromatic heterocycles. The molecule has 3 aromatic rings. The second-order valence-corrected chi connectivity index (χ2v) is 6.45. The number of benzene rings is 2. The fourth-order valence-electron chi connectivity index (χ4n) is 2.61. The SMILES string of the molecule is CCNC(=O)c1cccc(N(I)C(=O)c2nn(C)c3ccccc23)c1. The smallest absolute Gasteiger partial charge is 0.288 e. The van der Waals surface area contributed by atoms with E-state index in [-0.39, 0.29) is 11.8 Å². The Morgan fingerprint density at radius 3 is 2.72 bits per heavy atom. The molecular weight excluding hydrogens is 431 g/mol. The summed E-state index contributed by atoms with van der Waals surface area (Å²) >= 11 is 1.94. The molecule has 0 bridgehead atoms. The molecule has 0 radical (unpaired) electrons. The third kappa shape index (κ3) is 3.37. The van der Waals surface area contributed by atoms with Crippen LogP contribution in [0.25, 0.3) is 10.9 Å². The average Bonchev–Trinajstić information content (AvgIpc) is 2.98. The van der Waals surface area contributed by atoms with E-state index in [1.165, 1.54) is 3.11 Å². The Morgan fingerprint density at radius 2 is 1.96 bits per heavy atom. The van der Waals surface area contributed by atoms with Crippen LogP contribution in [0.1, 0.15) is 27.8 Å². The van der Waals surface area contributed by atoms with E-state index in [2.05, 4.69) is 10.4 Å². The minimum atomic E-state index is -0.231. The molecule has 2 aromatic carbocycles. The lowest BCUT2D eigenvalue weighted by Gasteiger charge is -2.14. The maximum atomic E-state index is 12.9. The minimum absolute atomic E-state index is 0.162. The summed E-state index contributed by atoms with van der Waals surface area (Å²) in [5, 5.41) is 7.92. The third-order valence-corrected chi connectivity index (χ3v) is 4.81. The molecular formula is C18H17IN4O2. The number of rotatable bonds is 4. The van der Waals surface area contributed by atoms with Gasteiger partial charge in [-0.2, -0.15) is 5.10 Å². The van der Waals surface area contributed by atoms with Crippen LogP contribution in [-0.2, 0) is 7.05 Å². The second-order valence-electron chi connectivity index (χ2n) is 5.49. The molecule has 0 atom stereocenters. The number of aromatic nitrogens is 2. The zero-order chi connectivity index (χ0) is 18.0. The first-order valence-electron chi connectivity index (χ1n) is 7.83. The Balaban J connectivity index is 1.95. The van der Waals surface area contributed by atoms with Gasteiger partial charge in [0.25, 0.3) is 11.8 Å². The number of aryl methyl sites for hydroxylation is 1. The number of hydrogen-bond donors (Lipinski definition) is 1. The Labute approximate surface area is 159 Å². The molecule has 0 spiro atoms. The van der Waals surface area contributed by atoms with Gasteiger partial charge in [0, 0.05) is 24.5 Å². The van der Waals surface area contributed by atoms with Crippen LogP contribution in [0.3, 0.4) is 0 Å². The zero-order valence-electron chi connectivity index (χ0n) is 13.9.